The van der Waals surface area contributed by atoms with E-state index in [-0.39, 0.29) is 11.8 Å². The van der Waals surface area contributed by atoms with Crippen molar-refractivity contribution in [2.45, 2.75) is 70.4 Å². The molecule has 0 unspecified atom stereocenters. The van der Waals surface area contributed by atoms with Crippen LogP contribution in [0.3, 0.4) is 0 Å². The molecular weight excluding hydrogens is 386 g/mol. The number of hydrogen-bond donors (Lipinski definition) is 2. The number of rotatable bonds is 8. The molecule has 1 saturated carbocycles. The summed E-state index contributed by atoms with van der Waals surface area (Å²) in [5.41, 5.74) is 5.26. The number of aryl methyl sites for hydroxylation is 1. The van der Waals surface area contributed by atoms with E-state index in [0.29, 0.717) is 18.9 Å². The van der Waals surface area contributed by atoms with Crippen molar-refractivity contribution in [1.29, 1.82) is 0 Å². The molecule has 0 bridgehead atoms. The third-order valence-electron chi connectivity index (χ3n) is 6.57. The van der Waals surface area contributed by atoms with E-state index in [1.165, 1.54) is 43.2 Å². The fourth-order valence-electron chi connectivity index (χ4n) is 4.80. The Hall–Kier alpha value is -2.66. The van der Waals surface area contributed by atoms with Crippen molar-refractivity contribution in [3.05, 3.63) is 59.2 Å². The summed E-state index contributed by atoms with van der Waals surface area (Å²) in [4.78, 5) is 26.5. The number of para-hydroxylation sites is 1. The Morgan fingerprint density at radius 3 is 2.77 bits per heavy atom. The van der Waals surface area contributed by atoms with E-state index in [1.807, 2.05) is 30.3 Å². The highest BCUT2D eigenvalue weighted by molar-refractivity contribution is 5.99. The third-order valence-corrected chi connectivity index (χ3v) is 6.57. The summed E-state index contributed by atoms with van der Waals surface area (Å²) in [6, 6.07) is 14.9. The zero-order valence-electron chi connectivity index (χ0n) is 18.5. The molecule has 1 heterocycles. The van der Waals surface area contributed by atoms with Crippen LogP contribution in [0.5, 0.6) is 0 Å². The summed E-state index contributed by atoms with van der Waals surface area (Å²) in [6.45, 7) is 0.864. The number of anilines is 2. The van der Waals surface area contributed by atoms with Crippen LogP contribution in [0.25, 0.3) is 0 Å². The Bertz CT molecular complexity index is 934. The van der Waals surface area contributed by atoms with Gasteiger partial charge in [-0.1, -0.05) is 49.6 Å². The lowest BCUT2D eigenvalue weighted by atomic mass is 9.94. The maximum absolute atomic E-state index is 12.6. The molecule has 1 aliphatic carbocycles. The normalized spacial score (nSPS) is 16.3. The highest BCUT2D eigenvalue weighted by Crippen LogP contribution is 2.26. The van der Waals surface area contributed by atoms with Crippen molar-refractivity contribution in [1.82, 2.24) is 4.90 Å². The summed E-state index contributed by atoms with van der Waals surface area (Å²) < 4.78 is 0. The van der Waals surface area contributed by atoms with Crippen LogP contribution in [-0.4, -0.2) is 29.8 Å². The average Bonchev–Trinajstić information content (AvgIpc) is 3.15. The number of carbonyl (C=O) groups excluding carboxylic acids is 2. The summed E-state index contributed by atoms with van der Waals surface area (Å²) in [6.07, 6.45) is 9.12. The molecule has 2 amide bonds. The second kappa shape index (κ2) is 10.1. The van der Waals surface area contributed by atoms with Crippen LogP contribution in [0.2, 0.25) is 0 Å². The predicted octanol–water partition coefficient (Wildman–Crippen LogP) is 4.91. The molecular formula is C26H33N3O2. The second-order valence-electron chi connectivity index (χ2n) is 8.98. The van der Waals surface area contributed by atoms with Crippen LogP contribution in [-0.2, 0) is 29.0 Å². The van der Waals surface area contributed by atoms with Crippen LogP contribution < -0.4 is 10.6 Å². The largest absolute Gasteiger partial charge is 0.326 e. The molecule has 2 aromatic carbocycles. The lowest BCUT2D eigenvalue weighted by Crippen LogP contribution is -2.33. The van der Waals surface area contributed by atoms with Gasteiger partial charge in [0.25, 0.3) is 0 Å². The van der Waals surface area contributed by atoms with E-state index in [1.54, 1.807) is 0 Å². The fourth-order valence-corrected chi connectivity index (χ4v) is 4.80. The lowest BCUT2D eigenvalue weighted by Gasteiger charge is -2.31. The first-order valence-electron chi connectivity index (χ1n) is 11.6. The van der Waals surface area contributed by atoms with E-state index in [2.05, 4.69) is 34.7 Å². The quantitative estimate of drug-likeness (QED) is 0.639. The molecule has 2 aliphatic rings. The minimum atomic E-state index is 0.0549. The molecule has 5 heteroatoms. The summed E-state index contributed by atoms with van der Waals surface area (Å²) >= 11 is 0. The maximum atomic E-state index is 12.6. The van der Waals surface area contributed by atoms with Gasteiger partial charge in [0.1, 0.15) is 0 Å². The molecule has 0 spiro atoms. The van der Waals surface area contributed by atoms with Gasteiger partial charge in [-0.05, 0) is 61.6 Å². The van der Waals surface area contributed by atoms with Gasteiger partial charge in [-0.2, -0.15) is 0 Å². The lowest BCUT2D eigenvalue weighted by molar-refractivity contribution is -0.116. The van der Waals surface area contributed by atoms with Crippen molar-refractivity contribution in [3.63, 3.8) is 0 Å². The first-order chi connectivity index (χ1) is 15.1. The van der Waals surface area contributed by atoms with E-state index in [4.69, 9.17) is 0 Å². The van der Waals surface area contributed by atoms with Crippen molar-refractivity contribution in [3.8, 4) is 0 Å². The Labute approximate surface area is 185 Å². The molecule has 1 aliphatic heterocycles. The zero-order chi connectivity index (χ0) is 21.6. The van der Waals surface area contributed by atoms with Gasteiger partial charge in [0.15, 0.2) is 0 Å². The van der Waals surface area contributed by atoms with Gasteiger partial charge < -0.3 is 10.6 Å². The average molecular weight is 420 g/mol. The number of nitrogens with zero attached hydrogens (tertiary/aromatic N) is 1. The number of benzene rings is 2. The molecule has 0 radical (unpaired) electrons. The number of carbonyl (C=O) groups is 2. The van der Waals surface area contributed by atoms with Crippen LogP contribution in [0, 0.1) is 0 Å². The van der Waals surface area contributed by atoms with Gasteiger partial charge in [-0.25, -0.2) is 0 Å². The summed E-state index contributed by atoms with van der Waals surface area (Å²) in [5.74, 6) is 0.116. The summed E-state index contributed by atoms with van der Waals surface area (Å²) in [5, 5.41) is 5.99. The van der Waals surface area contributed by atoms with E-state index < -0.39 is 0 Å². The minimum absolute atomic E-state index is 0.0549. The molecule has 0 saturated heterocycles. The molecule has 1 fully saturated rings. The van der Waals surface area contributed by atoms with Gasteiger partial charge in [-0.3, -0.25) is 14.5 Å². The molecule has 31 heavy (non-hydrogen) atoms. The Morgan fingerprint density at radius 2 is 1.94 bits per heavy atom. The summed E-state index contributed by atoms with van der Waals surface area (Å²) in [7, 11) is 2.20. The van der Waals surface area contributed by atoms with Crippen molar-refractivity contribution >= 4 is 23.2 Å². The van der Waals surface area contributed by atoms with Crippen LogP contribution in [0.1, 0.15) is 61.6 Å². The van der Waals surface area contributed by atoms with Gasteiger partial charge in [-0.15, -0.1) is 0 Å². The van der Waals surface area contributed by atoms with E-state index in [0.717, 1.165) is 36.3 Å². The van der Waals surface area contributed by atoms with Gasteiger partial charge in [0.05, 0.1) is 6.42 Å². The number of hydrogen-bond acceptors (Lipinski definition) is 3. The van der Waals surface area contributed by atoms with Gasteiger partial charge >= 0.3 is 0 Å². The highest BCUT2D eigenvalue weighted by atomic mass is 16.2. The highest BCUT2D eigenvalue weighted by Gasteiger charge is 2.19. The van der Waals surface area contributed by atoms with Crippen LogP contribution in [0.4, 0.5) is 11.4 Å². The van der Waals surface area contributed by atoms with Gasteiger partial charge in [0, 0.05) is 30.4 Å². The SMILES string of the molecule is CN(Cc1ccccc1NC(=O)CCCc1ccc2c(c1)CC(=O)N2)C1CCCCC1. The number of fused-ring (bicyclic) bond motifs is 1. The zero-order valence-corrected chi connectivity index (χ0v) is 18.5. The molecule has 2 aromatic rings. The molecule has 0 aromatic heterocycles. The maximum Gasteiger partial charge on any atom is 0.228 e. The second-order valence-corrected chi connectivity index (χ2v) is 8.98. The van der Waals surface area contributed by atoms with E-state index in [9.17, 15) is 9.59 Å². The molecule has 164 valence electrons. The van der Waals surface area contributed by atoms with Crippen LogP contribution >= 0.6 is 0 Å². The topological polar surface area (TPSA) is 61.4 Å². The van der Waals surface area contributed by atoms with Crippen molar-refractivity contribution in [2.24, 2.45) is 0 Å². The Kier molecular flexibility index (Phi) is 7.03. The Balaban J connectivity index is 1.28. The van der Waals surface area contributed by atoms with Gasteiger partial charge in [0.2, 0.25) is 11.8 Å². The van der Waals surface area contributed by atoms with E-state index >= 15 is 0 Å². The number of nitrogens with one attached hydrogen (secondary N) is 2. The first-order valence-corrected chi connectivity index (χ1v) is 11.6. The third kappa shape index (κ3) is 5.73. The molecule has 0 atom stereocenters. The number of amides is 2. The van der Waals surface area contributed by atoms with Crippen LogP contribution in [0.15, 0.2) is 42.5 Å². The first kappa shape index (κ1) is 21.6. The fraction of sp³-hybridized carbons (Fsp3) is 0.462. The minimum Gasteiger partial charge on any atom is -0.326 e. The smallest absolute Gasteiger partial charge is 0.228 e. The molecule has 5 nitrogen and oxygen atoms in total. The standard InChI is InChI=1S/C26H33N3O2/c1-29(22-10-3-2-4-11-22)18-20-9-5-6-12-23(20)27-25(30)13-7-8-19-14-15-24-21(16-19)17-26(31)28-24/h5-6,9,12,14-16,22H,2-4,7-8,10-11,13,17-18H2,1H3,(H,27,30)(H,28,31). The monoisotopic (exact) mass is 419 g/mol. The van der Waals surface area contributed by atoms with Crippen molar-refractivity contribution in [2.75, 3.05) is 17.7 Å². The predicted molar refractivity (Wildman–Crippen MR) is 125 cm³/mol. The molecule has 2 N–H and O–H groups in total. The molecule has 4 rings (SSSR count). The Morgan fingerprint density at radius 1 is 1.13 bits per heavy atom. The van der Waals surface area contributed by atoms with Crippen molar-refractivity contribution < 1.29 is 9.59 Å².